The smallest absolute Gasteiger partial charge is 0.135 e. The quantitative estimate of drug-likeness (QED) is 0.940. The highest BCUT2D eigenvalue weighted by Gasteiger charge is 2.28. The van der Waals surface area contributed by atoms with Crippen LogP contribution in [0, 0.1) is 11.8 Å². The van der Waals surface area contributed by atoms with Crippen molar-refractivity contribution in [3.8, 4) is 0 Å². The average molecular weight is 322 g/mol. The Labute approximate surface area is 144 Å². The van der Waals surface area contributed by atoms with Crippen molar-refractivity contribution in [1.82, 2.24) is 15.3 Å². The van der Waals surface area contributed by atoms with Gasteiger partial charge in [-0.2, -0.15) is 0 Å². The molecule has 4 rings (SSSR count). The molecule has 2 aliphatic rings. The summed E-state index contributed by atoms with van der Waals surface area (Å²) in [6.07, 6.45) is 6.67. The molecular weight excluding hydrogens is 296 g/mol. The van der Waals surface area contributed by atoms with Gasteiger partial charge in [-0.1, -0.05) is 30.3 Å². The van der Waals surface area contributed by atoms with E-state index in [1.54, 1.807) is 0 Å². The van der Waals surface area contributed by atoms with Gasteiger partial charge in [0.15, 0.2) is 0 Å². The summed E-state index contributed by atoms with van der Waals surface area (Å²) in [6.45, 7) is 4.69. The van der Waals surface area contributed by atoms with Crippen LogP contribution in [0.2, 0.25) is 0 Å². The van der Waals surface area contributed by atoms with E-state index in [0.29, 0.717) is 0 Å². The Kier molecular flexibility index (Phi) is 4.74. The van der Waals surface area contributed by atoms with Crippen LogP contribution < -0.4 is 10.2 Å². The van der Waals surface area contributed by atoms with Crippen LogP contribution in [-0.2, 0) is 6.42 Å². The Balaban J connectivity index is 1.39. The molecule has 0 amide bonds. The molecule has 2 aromatic rings. The zero-order valence-electron chi connectivity index (χ0n) is 14.2. The zero-order valence-corrected chi connectivity index (χ0v) is 14.2. The Morgan fingerprint density at radius 2 is 1.83 bits per heavy atom. The highest BCUT2D eigenvalue weighted by molar-refractivity contribution is 5.38. The molecule has 126 valence electrons. The summed E-state index contributed by atoms with van der Waals surface area (Å²) in [4.78, 5) is 11.7. The van der Waals surface area contributed by atoms with Gasteiger partial charge in [0, 0.05) is 25.7 Å². The van der Waals surface area contributed by atoms with E-state index in [9.17, 15) is 0 Å². The lowest BCUT2D eigenvalue weighted by Gasteiger charge is -2.35. The zero-order chi connectivity index (χ0) is 16.2. The maximum Gasteiger partial charge on any atom is 0.135 e. The fourth-order valence-corrected chi connectivity index (χ4v) is 4.11. The van der Waals surface area contributed by atoms with E-state index < -0.39 is 0 Å². The third kappa shape index (κ3) is 3.59. The number of aromatic nitrogens is 2. The number of anilines is 1. The van der Waals surface area contributed by atoms with E-state index in [2.05, 4.69) is 45.5 Å². The maximum absolute atomic E-state index is 4.82. The molecule has 0 saturated carbocycles. The number of rotatable bonds is 4. The van der Waals surface area contributed by atoms with Crippen LogP contribution in [0.1, 0.15) is 30.7 Å². The summed E-state index contributed by atoms with van der Waals surface area (Å²) in [5.41, 5.74) is 1.27. The second-order valence-electron chi connectivity index (χ2n) is 7.07. The minimum atomic E-state index is 0.804. The molecule has 0 spiro atoms. The summed E-state index contributed by atoms with van der Waals surface area (Å²) in [5.74, 6) is 3.80. The summed E-state index contributed by atoms with van der Waals surface area (Å²) < 4.78 is 0. The molecule has 1 aromatic heterocycles. The molecule has 2 saturated heterocycles. The standard InChI is InChI=1S/C20H26N4/c1-2-4-16(5-3-1)14-19-22-11-7-20(23-19)24-12-8-17(9-13-24)18-6-10-21-15-18/h1-5,7,11,17-18,21H,6,8-10,12-15H2. The molecule has 1 aromatic carbocycles. The van der Waals surface area contributed by atoms with Gasteiger partial charge >= 0.3 is 0 Å². The first kappa shape index (κ1) is 15.6. The Hall–Kier alpha value is -1.94. The van der Waals surface area contributed by atoms with E-state index in [1.165, 1.54) is 37.9 Å². The average Bonchev–Trinajstić information content (AvgIpc) is 3.18. The highest BCUT2D eigenvalue weighted by atomic mass is 15.2. The van der Waals surface area contributed by atoms with E-state index in [4.69, 9.17) is 4.98 Å². The maximum atomic E-state index is 4.82. The van der Waals surface area contributed by atoms with Gasteiger partial charge in [0.2, 0.25) is 0 Å². The second-order valence-corrected chi connectivity index (χ2v) is 7.07. The van der Waals surface area contributed by atoms with E-state index in [-0.39, 0.29) is 0 Å². The van der Waals surface area contributed by atoms with Crippen LogP contribution >= 0.6 is 0 Å². The summed E-state index contributed by atoms with van der Waals surface area (Å²) in [6, 6.07) is 12.5. The molecule has 1 unspecified atom stereocenters. The van der Waals surface area contributed by atoms with Crippen LogP contribution in [0.25, 0.3) is 0 Å². The van der Waals surface area contributed by atoms with Gasteiger partial charge in [0.05, 0.1) is 0 Å². The van der Waals surface area contributed by atoms with Crippen molar-refractivity contribution in [3.05, 3.63) is 54.0 Å². The third-order valence-electron chi connectivity index (χ3n) is 5.52. The van der Waals surface area contributed by atoms with Crippen LogP contribution in [0.4, 0.5) is 5.82 Å². The first-order valence-electron chi connectivity index (χ1n) is 9.20. The van der Waals surface area contributed by atoms with Crippen molar-refractivity contribution < 1.29 is 0 Å². The second kappa shape index (κ2) is 7.31. The van der Waals surface area contributed by atoms with Crippen molar-refractivity contribution in [3.63, 3.8) is 0 Å². The molecule has 1 atom stereocenters. The highest BCUT2D eigenvalue weighted by Crippen LogP contribution is 2.30. The van der Waals surface area contributed by atoms with Crippen molar-refractivity contribution in [2.24, 2.45) is 11.8 Å². The summed E-state index contributed by atoms with van der Waals surface area (Å²) in [5, 5.41) is 3.51. The van der Waals surface area contributed by atoms with E-state index >= 15 is 0 Å². The van der Waals surface area contributed by atoms with Crippen LogP contribution in [-0.4, -0.2) is 36.1 Å². The molecule has 0 aliphatic carbocycles. The van der Waals surface area contributed by atoms with Crippen LogP contribution in [0.15, 0.2) is 42.6 Å². The van der Waals surface area contributed by atoms with Crippen molar-refractivity contribution in [1.29, 1.82) is 0 Å². The summed E-state index contributed by atoms with van der Waals surface area (Å²) in [7, 11) is 0. The topological polar surface area (TPSA) is 41.1 Å². The largest absolute Gasteiger partial charge is 0.356 e. The van der Waals surface area contributed by atoms with Crippen molar-refractivity contribution in [2.75, 3.05) is 31.1 Å². The SMILES string of the molecule is c1ccc(Cc2nccc(N3CCC(C4CCNC4)CC3)n2)cc1. The van der Waals surface area contributed by atoms with Gasteiger partial charge in [-0.25, -0.2) is 9.97 Å². The summed E-state index contributed by atoms with van der Waals surface area (Å²) >= 11 is 0. The Morgan fingerprint density at radius 1 is 1.00 bits per heavy atom. The molecule has 2 aliphatic heterocycles. The van der Waals surface area contributed by atoms with Gasteiger partial charge < -0.3 is 10.2 Å². The first-order chi connectivity index (χ1) is 11.9. The van der Waals surface area contributed by atoms with Crippen molar-refractivity contribution >= 4 is 5.82 Å². The first-order valence-corrected chi connectivity index (χ1v) is 9.20. The lowest BCUT2D eigenvalue weighted by Crippen LogP contribution is -2.37. The molecule has 0 radical (unpaired) electrons. The predicted octanol–water partition coefficient (Wildman–Crippen LogP) is 2.89. The van der Waals surface area contributed by atoms with Crippen molar-refractivity contribution in [2.45, 2.75) is 25.7 Å². The third-order valence-corrected chi connectivity index (χ3v) is 5.52. The monoisotopic (exact) mass is 322 g/mol. The van der Waals surface area contributed by atoms with Gasteiger partial charge in [-0.15, -0.1) is 0 Å². The lowest BCUT2D eigenvalue weighted by atomic mass is 9.84. The van der Waals surface area contributed by atoms with Crippen LogP contribution in [0.5, 0.6) is 0 Å². The number of nitrogens with zero attached hydrogens (tertiary/aromatic N) is 3. The molecule has 4 heteroatoms. The van der Waals surface area contributed by atoms with Gasteiger partial charge in [-0.05, 0) is 55.8 Å². The minimum absolute atomic E-state index is 0.804. The number of hydrogen-bond donors (Lipinski definition) is 1. The fraction of sp³-hybridized carbons (Fsp3) is 0.500. The molecule has 3 heterocycles. The van der Waals surface area contributed by atoms with E-state index in [0.717, 1.165) is 43.0 Å². The van der Waals surface area contributed by atoms with Gasteiger partial charge in [0.1, 0.15) is 11.6 Å². The van der Waals surface area contributed by atoms with Gasteiger partial charge in [0.25, 0.3) is 0 Å². The molecule has 0 bridgehead atoms. The molecule has 4 nitrogen and oxygen atoms in total. The number of hydrogen-bond acceptors (Lipinski definition) is 4. The number of benzene rings is 1. The van der Waals surface area contributed by atoms with Crippen LogP contribution in [0.3, 0.4) is 0 Å². The lowest BCUT2D eigenvalue weighted by molar-refractivity contribution is 0.291. The molecule has 1 N–H and O–H groups in total. The Morgan fingerprint density at radius 3 is 2.58 bits per heavy atom. The Bertz CT molecular complexity index is 644. The molecular formula is C20H26N4. The number of nitrogens with one attached hydrogen (secondary N) is 1. The fourth-order valence-electron chi connectivity index (χ4n) is 4.11. The molecule has 24 heavy (non-hydrogen) atoms. The minimum Gasteiger partial charge on any atom is -0.356 e. The van der Waals surface area contributed by atoms with Gasteiger partial charge in [-0.3, -0.25) is 0 Å². The van der Waals surface area contributed by atoms with E-state index in [1.807, 2.05) is 12.3 Å². The predicted molar refractivity (Wildman–Crippen MR) is 97.2 cm³/mol. The normalized spacial score (nSPS) is 22.0. The number of piperidine rings is 1. The molecule has 2 fully saturated rings.